The summed E-state index contributed by atoms with van der Waals surface area (Å²) in [4.78, 5) is 25.9. The predicted molar refractivity (Wildman–Crippen MR) is 90.6 cm³/mol. The van der Waals surface area contributed by atoms with E-state index in [1.54, 1.807) is 30.0 Å². The fraction of sp³-hybridized carbons (Fsp3) is 0.500. The van der Waals surface area contributed by atoms with Crippen molar-refractivity contribution < 1.29 is 19.1 Å². The van der Waals surface area contributed by atoms with Crippen molar-refractivity contribution in [1.29, 1.82) is 0 Å². The molecule has 2 atom stereocenters. The van der Waals surface area contributed by atoms with Gasteiger partial charge in [0.05, 0.1) is 17.5 Å². The minimum atomic E-state index is -0.649. The van der Waals surface area contributed by atoms with E-state index < -0.39 is 6.10 Å². The Balaban J connectivity index is 2.00. The number of nitrogens with zero attached hydrogens (tertiary/aromatic N) is 1. The van der Waals surface area contributed by atoms with Gasteiger partial charge < -0.3 is 14.4 Å². The van der Waals surface area contributed by atoms with E-state index in [0.29, 0.717) is 28.3 Å². The van der Waals surface area contributed by atoms with Gasteiger partial charge in [-0.3, -0.25) is 9.59 Å². The summed E-state index contributed by atoms with van der Waals surface area (Å²) >= 11 is 9.26. The molecule has 2 rings (SSSR count). The van der Waals surface area contributed by atoms with Gasteiger partial charge in [-0.25, -0.2) is 0 Å². The molecule has 1 fully saturated rings. The number of esters is 1. The SMILES string of the molecule is COC(=O)C1CCCN(C(=O)C(C)Oc2ccc(Cl)cc2Br)C1. The summed E-state index contributed by atoms with van der Waals surface area (Å²) < 4.78 is 11.2. The van der Waals surface area contributed by atoms with Gasteiger partial charge in [-0.05, 0) is 53.9 Å². The van der Waals surface area contributed by atoms with Crippen LogP contribution in [0, 0.1) is 5.92 Å². The summed E-state index contributed by atoms with van der Waals surface area (Å²) in [6.07, 6.45) is 0.876. The topological polar surface area (TPSA) is 55.8 Å². The average molecular weight is 405 g/mol. The molecule has 7 heteroatoms. The van der Waals surface area contributed by atoms with Crippen LogP contribution in [0.3, 0.4) is 0 Å². The van der Waals surface area contributed by atoms with E-state index >= 15 is 0 Å². The van der Waals surface area contributed by atoms with Crippen LogP contribution in [0.2, 0.25) is 5.02 Å². The second-order valence-corrected chi connectivity index (χ2v) is 6.77. The summed E-state index contributed by atoms with van der Waals surface area (Å²) in [5, 5.41) is 0.583. The molecule has 1 aliphatic heterocycles. The van der Waals surface area contributed by atoms with Crippen LogP contribution in [0.15, 0.2) is 22.7 Å². The van der Waals surface area contributed by atoms with Crippen molar-refractivity contribution in [3.63, 3.8) is 0 Å². The number of amides is 1. The minimum Gasteiger partial charge on any atom is -0.480 e. The van der Waals surface area contributed by atoms with Crippen LogP contribution in [0.1, 0.15) is 19.8 Å². The van der Waals surface area contributed by atoms with Gasteiger partial charge in [-0.2, -0.15) is 0 Å². The van der Waals surface area contributed by atoms with E-state index in [0.717, 1.165) is 12.8 Å². The van der Waals surface area contributed by atoms with Crippen molar-refractivity contribution in [2.75, 3.05) is 20.2 Å². The van der Waals surface area contributed by atoms with Crippen molar-refractivity contribution in [1.82, 2.24) is 4.90 Å². The lowest BCUT2D eigenvalue weighted by Gasteiger charge is -2.33. The third kappa shape index (κ3) is 4.61. The quantitative estimate of drug-likeness (QED) is 0.723. The highest BCUT2D eigenvalue weighted by atomic mass is 79.9. The van der Waals surface area contributed by atoms with Crippen molar-refractivity contribution in [2.24, 2.45) is 5.92 Å². The van der Waals surface area contributed by atoms with Crippen LogP contribution < -0.4 is 4.74 Å². The highest BCUT2D eigenvalue weighted by molar-refractivity contribution is 9.10. The molecule has 0 bridgehead atoms. The Kier molecular flexibility index (Phi) is 6.30. The first-order chi connectivity index (χ1) is 10.9. The third-order valence-electron chi connectivity index (χ3n) is 3.81. The van der Waals surface area contributed by atoms with E-state index in [4.69, 9.17) is 21.1 Å². The molecule has 0 spiro atoms. The zero-order chi connectivity index (χ0) is 17.0. The number of likely N-dealkylation sites (tertiary alicyclic amines) is 1. The molecule has 1 saturated heterocycles. The van der Waals surface area contributed by atoms with Gasteiger partial charge in [0, 0.05) is 18.1 Å². The minimum absolute atomic E-state index is 0.138. The molecule has 1 aromatic rings. The largest absolute Gasteiger partial charge is 0.480 e. The molecular formula is C16H19BrClNO4. The van der Waals surface area contributed by atoms with Crippen LogP contribution in [0.25, 0.3) is 0 Å². The first kappa shape index (κ1) is 18.1. The Morgan fingerprint density at radius 2 is 2.17 bits per heavy atom. The first-order valence-electron chi connectivity index (χ1n) is 7.40. The normalized spacial score (nSPS) is 19.1. The predicted octanol–water partition coefficient (Wildman–Crippen LogP) is 3.28. The number of carbonyl (C=O) groups excluding carboxylic acids is 2. The number of halogens is 2. The second kappa shape index (κ2) is 8.02. The van der Waals surface area contributed by atoms with Crippen LogP contribution >= 0.6 is 27.5 Å². The van der Waals surface area contributed by atoms with Crippen molar-refractivity contribution in [2.45, 2.75) is 25.9 Å². The first-order valence-corrected chi connectivity index (χ1v) is 8.57. The number of hydrogen-bond acceptors (Lipinski definition) is 4. The second-order valence-electron chi connectivity index (χ2n) is 5.48. The fourth-order valence-corrected chi connectivity index (χ4v) is 3.38. The number of benzene rings is 1. The van der Waals surface area contributed by atoms with E-state index in [1.807, 2.05) is 0 Å². The molecule has 0 radical (unpaired) electrons. The summed E-state index contributed by atoms with van der Waals surface area (Å²) in [7, 11) is 1.37. The Morgan fingerprint density at radius 1 is 1.43 bits per heavy atom. The Labute approximate surface area is 149 Å². The Bertz CT molecular complexity index is 595. The van der Waals surface area contributed by atoms with Gasteiger partial charge in [0.25, 0.3) is 5.91 Å². The van der Waals surface area contributed by atoms with E-state index in [1.165, 1.54) is 7.11 Å². The van der Waals surface area contributed by atoms with Gasteiger partial charge in [-0.1, -0.05) is 11.6 Å². The molecule has 126 valence electrons. The monoisotopic (exact) mass is 403 g/mol. The summed E-state index contributed by atoms with van der Waals surface area (Å²) in [6.45, 7) is 2.70. The molecule has 5 nitrogen and oxygen atoms in total. The number of methoxy groups -OCH3 is 1. The fourth-order valence-electron chi connectivity index (χ4n) is 2.61. The summed E-state index contributed by atoms with van der Waals surface area (Å²) in [5.41, 5.74) is 0. The highest BCUT2D eigenvalue weighted by Gasteiger charge is 2.31. The van der Waals surface area contributed by atoms with Gasteiger partial charge in [0.1, 0.15) is 5.75 Å². The van der Waals surface area contributed by atoms with Crippen LogP contribution in [-0.2, 0) is 14.3 Å². The van der Waals surface area contributed by atoms with Gasteiger partial charge in [0.2, 0.25) is 0 Å². The smallest absolute Gasteiger partial charge is 0.310 e. The van der Waals surface area contributed by atoms with Gasteiger partial charge in [0.15, 0.2) is 6.10 Å². The summed E-state index contributed by atoms with van der Waals surface area (Å²) in [6, 6.07) is 5.12. The molecule has 2 unspecified atom stereocenters. The molecule has 0 aromatic heterocycles. The maximum absolute atomic E-state index is 12.5. The number of hydrogen-bond donors (Lipinski definition) is 0. The average Bonchev–Trinajstić information content (AvgIpc) is 2.56. The Hall–Kier alpha value is -1.27. The van der Waals surface area contributed by atoms with Crippen molar-refractivity contribution in [3.05, 3.63) is 27.7 Å². The van der Waals surface area contributed by atoms with Crippen molar-refractivity contribution in [3.8, 4) is 5.75 Å². The molecular weight excluding hydrogens is 386 g/mol. The lowest BCUT2D eigenvalue weighted by molar-refractivity contribution is -0.150. The number of piperidine rings is 1. The van der Waals surface area contributed by atoms with E-state index in [-0.39, 0.29) is 17.8 Å². The maximum Gasteiger partial charge on any atom is 0.310 e. The molecule has 1 aromatic carbocycles. The number of rotatable bonds is 4. The zero-order valence-electron chi connectivity index (χ0n) is 13.1. The van der Waals surface area contributed by atoms with Crippen LogP contribution in [0.5, 0.6) is 5.75 Å². The van der Waals surface area contributed by atoms with Crippen molar-refractivity contribution >= 4 is 39.4 Å². The Morgan fingerprint density at radius 3 is 2.83 bits per heavy atom. The molecule has 1 amide bonds. The lowest BCUT2D eigenvalue weighted by Crippen LogP contribution is -2.47. The molecule has 23 heavy (non-hydrogen) atoms. The standard InChI is InChI=1S/C16H19BrClNO4/c1-10(23-14-6-5-12(18)8-13(14)17)15(20)19-7-3-4-11(9-19)16(21)22-2/h5-6,8,10-11H,3-4,7,9H2,1-2H3. The van der Waals surface area contributed by atoms with Crippen LogP contribution in [0.4, 0.5) is 0 Å². The van der Waals surface area contributed by atoms with Crippen LogP contribution in [-0.4, -0.2) is 43.1 Å². The third-order valence-corrected chi connectivity index (χ3v) is 4.67. The number of carbonyl (C=O) groups is 2. The molecule has 1 heterocycles. The lowest BCUT2D eigenvalue weighted by atomic mass is 9.98. The maximum atomic E-state index is 12.5. The summed E-state index contributed by atoms with van der Waals surface area (Å²) in [5.74, 6) is -0.110. The zero-order valence-corrected chi connectivity index (χ0v) is 15.4. The van der Waals surface area contributed by atoms with E-state index in [2.05, 4.69) is 15.9 Å². The van der Waals surface area contributed by atoms with Gasteiger partial charge in [-0.15, -0.1) is 0 Å². The van der Waals surface area contributed by atoms with Gasteiger partial charge >= 0.3 is 5.97 Å². The molecule has 0 saturated carbocycles. The highest BCUT2D eigenvalue weighted by Crippen LogP contribution is 2.29. The molecule has 0 N–H and O–H groups in total. The number of ether oxygens (including phenoxy) is 2. The molecule has 1 aliphatic rings. The van der Waals surface area contributed by atoms with E-state index in [9.17, 15) is 9.59 Å². The molecule has 0 aliphatic carbocycles.